The Hall–Kier alpha value is -3.78. The molecule has 31 heavy (non-hydrogen) atoms. The number of rotatable bonds is 6. The van der Waals surface area contributed by atoms with Crippen molar-refractivity contribution in [3.05, 3.63) is 102 Å². The number of carboxylic acids is 1. The van der Waals surface area contributed by atoms with Crippen molar-refractivity contribution in [2.24, 2.45) is 0 Å². The molecule has 0 bridgehead atoms. The number of carboxylic acid groups (broad SMARTS) is 1. The standard InChI is InChI=1S/C23H17FN2O4S/c24-21-14-19(8-10-22(21)26-12-4-11-25-26)31(29,30)15-18-13-17(7-9-20(18)23(27)28)16-5-2-1-3-6-16/h1-14H,15H2,(H,27,28). The molecule has 0 fully saturated rings. The summed E-state index contributed by atoms with van der Waals surface area (Å²) in [6.07, 6.45) is 3.03. The Balaban J connectivity index is 1.72. The number of carbonyl (C=O) groups is 1. The van der Waals surface area contributed by atoms with E-state index in [2.05, 4.69) is 5.10 Å². The fraction of sp³-hybridized carbons (Fsp3) is 0.0435. The van der Waals surface area contributed by atoms with Crippen LogP contribution in [-0.2, 0) is 15.6 Å². The van der Waals surface area contributed by atoms with Gasteiger partial charge in [0.2, 0.25) is 0 Å². The fourth-order valence-corrected chi connectivity index (χ4v) is 4.67. The summed E-state index contributed by atoms with van der Waals surface area (Å²) in [4.78, 5) is 11.4. The van der Waals surface area contributed by atoms with Crippen LogP contribution in [0.1, 0.15) is 15.9 Å². The monoisotopic (exact) mass is 436 g/mol. The number of hydrogen-bond acceptors (Lipinski definition) is 4. The average molecular weight is 436 g/mol. The van der Waals surface area contributed by atoms with Gasteiger partial charge in [-0.05, 0) is 53.1 Å². The van der Waals surface area contributed by atoms with Crippen LogP contribution in [-0.4, -0.2) is 29.3 Å². The minimum Gasteiger partial charge on any atom is -0.478 e. The van der Waals surface area contributed by atoms with Crippen LogP contribution < -0.4 is 0 Å². The Morgan fingerprint density at radius 1 is 0.968 bits per heavy atom. The lowest BCUT2D eigenvalue weighted by atomic mass is 10.00. The van der Waals surface area contributed by atoms with Gasteiger partial charge in [-0.15, -0.1) is 0 Å². The van der Waals surface area contributed by atoms with Crippen molar-refractivity contribution in [3.8, 4) is 16.8 Å². The van der Waals surface area contributed by atoms with Gasteiger partial charge in [-0.3, -0.25) is 0 Å². The van der Waals surface area contributed by atoms with E-state index in [0.29, 0.717) is 5.56 Å². The van der Waals surface area contributed by atoms with E-state index in [1.165, 1.54) is 29.1 Å². The first-order valence-electron chi connectivity index (χ1n) is 9.29. The second kappa shape index (κ2) is 8.16. The maximum Gasteiger partial charge on any atom is 0.335 e. The highest BCUT2D eigenvalue weighted by Crippen LogP contribution is 2.27. The number of halogens is 1. The molecule has 0 saturated carbocycles. The fourth-order valence-electron chi connectivity index (χ4n) is 3.30. The maximum atomic E-state index is 14.6. The second-order valence-corrected chi connectivity index (χ2v) is 8.86. The van der Waals surface area contributed by atoms with Crippen molar-refractivity contribution in [1.82, 2.24) is 9.78 Å². The molecule has 0 spiro atoms. The molecule has 0 unspecified atom stereocenters. The predicted molar refractivity (Wildman–Crippen MR) is 113 cm³/mol. The Kier molecular flexibility index (Phi) is 5.39. The molecule has 0 aliphatic rings. The zero-order chi connectivity index (χ0) is 22.0. The molecule has 0 saturated heterocycles. The number of aromatic carboxylic acids is 1. The van der Waals surface area contributed by atoms with E-state index in [-0.39, 0.29) is 21.7 Å². The molecule has 0 atom stereocenters. The highest BCUT2D eigenvalue weighted by molar-refractivity contribution is 7.90. The predicted octanol–water partition coefficient (Wildman–Crippen LogP) is 4.35. The van der Waals surface area contributed by atoms with Crippen LogP contribution >= 0.6 is 0 Å². The zero-order valence-corrected chi connectivity index (χ0v) is 17.0. The molecule has 1 heterocycles. The first-order chi connectivity index (χ1) is 14.8. The smallest absolute Gasteiger partial charge is 0.335 e. The summed E-state index contributed by atoms with van der Waals surface area (Å²) >= 11 is 0. The highest BCUT2D eigenvalue weighted by atomic mass is 32.2. The summed E-state index contributed by atoms with van der Waals surface area (Å²) in [6.45, 7) is 0. The van der Waals surface area contributed by atoms with Gasteiger partial charge in [-0.25, -0.2) is 22.3 Å². The topological polar surface area (TPSA) is 89.3 Å². The molecule has 8 heteroatoms. The van der Waals surface area contributed by atoms with Crippen molar-refractivity contribution in [3.63, 3.8) is 0 Å². The molecule has 156 valence electrons. The minimum atomic E-state index is -4.01. The Morgan fingerprint density at radius 2 is 1.74 bits per heavy atom. The summed E-state index contributed by atoms with van der Waals surface area (Å²) in [7, 11) is -4.01. The number of benzene rings is 3. The number of hydrogen-bond donors (Lipinski definition) is 1. The van der Waals surface area contributed by atoms with Gasteiger partial charge in [0, 0.05) is 12.4 Å². The van der Waals surface area contributed by atoms with E-state index in [4.69, 9.17) is 0 Å². The van der Waals surface area contributed by atoms with E-state index in [1.807, 2.05) is 30.3 Å². The van der Waals surface area contributed by atoms with Crippen molar-refractivity contribution in [1.29, 1.82) is 0 Å². The third-order valence-corrected chi connectivity index (χ3v) is 6.48. The van der Waals surface area contributed by atoms with Gasteiger partial charge in [0.25, 0.3) is 0 Å². The molecule has 3 aromatic carbocycles. The maximum absolute atomic E-state index is 14.6. The first kappa shape index (κ1) is 20.5. The van der Waals surface area contributed by atoms with Crippen LogP contribution in [0.25, 0.3) is 16.8 Å². The molecule has 0 radical (unpaired) electrons. The summed E-state index contributed by atoms with van der Waals surface area (Å²) < 4.78 is 41.8. The largest absolute Gasteiger partial charge is 0.478 e. The van der Waals surface area contributed by atoms with Gasteiger partial charge in [-0.2, -0.15) is 5.10 Å². The van der Waals surface area contributed by atoms with E-state index < -0.39 is 27.4 Å². The molecule has 6 nitrogen and oxygen atoms in total. The molecule has 4 rings (SSSR count). The van der Waals surface area contributed by atoms with Crippen LogP contribution in [0.4, 0.5) is 4.39 Å². The van der Waals surface area contributed by atoms with Crippen LogP contribution in [0.2, 0.25) is 0 Å². The lowest BCUT2D eigenvalue weighted by molar-refractivity contribution is 0.0696. The quantitative estimate of drug-likeness (QED) is 0.485. The third-order valence-electron chi connectivity index (χ3n) is 4.82. The number of nitrogens with zero attached hydrogens (tertiary/aromatic N) is 2. The first-order valence-corrected chi connectivity index (χ1v) is 10.9. The molecule has 0 amide bonds. The molecule has 1 N–H and O–H groups in total. The van der Waals surface area contributed by atoms with E-state index in [1.54, 1.807) is 24.4 Å². The van der Waals surface area contributed by atoms with E-state index >= 15 is 0 Å². The van der Waals surface area contributed by atoms with Gasteiger partial charge in [-0.1, -0.05) is 36.4 Å². The Bertz CT molecular complexity index is 1350. The van der Waals surface area contributed by atoms with Gasteiger partial charge in [0.1, 0.15) is 11.5 Å². The summed E-state index contributed by atoms with van der Waals surface area (Å²) in [5.74, 6) is -2.55. The average Bonchev–Trinajstić information content (AvgIpc) is 3.28. The summed E-state index contributed by atoms with van der Waals surface area (Å²) in [5.41, 5.74) is 1.65. The normalized spacial score (nSPS) is 11.4. The van der Waals surface area contributed by atoms with E-state index in [0.717, 1.165) is 11.6 Å². The minimum absolute atomic E-state index is 0.112. The van der Waals surface area contributed by atoms with Crippen molar-refractivity contribution < 1.29 is 22.7 Å². The van der Waals surface area contributed by atoms with Crippen LogP contribution in [0.5, 0.6) is 0 Å². The van der Waals surface area contributed by atoms with Crippen molar-refractivity contribution >= 4 is 15.8 Å². The summed E-state index contributed by atoms with van der Waals surface area (Å²) in [5, 5.41) is 13.5. The van der Waals surface area contributed by atoms with Crippen molar-refractivity contribution in [2.75, 3.05) is 0 Å². The Labute approximate surface area is 178 Å². The molecular formula is C23H17FN2O4S. The van der Waals surface area contributed by atoms with Crippen LogP contribution in [0.15, 0.2) is 90.1 Å². The second-order valence-electron chi connectivity index (χ2n) is 6.87. The van der Waals surface area contributed by atoms with Crippen LogP contribution in [0, 0.1) is 5.82 Å². The van der Waals surface area contributed by atoms with E-state index in [9.17, 15) is 22.7 Å². The lowest BCUT2D eigenvalue weighted by Gasteiger charge is -2.11. The lowest BCUT2D eigenvalue weighted by Crippen LogP contribution is -2.11. The molecule has 4 aromatic rings. The van der Waals surface area contributed by atoms with Crippen molar-refractivity contribution in [2.45, 2.75) is 10.6 Å². The van der Waals surface area contributed by atoms with Gasteiger partial charge >= 0.3 is 5.97 Å². The number of aromatic nitrogens is 2. The number of sulfone groups is 1. The molecular weight excluding hydrogens is 419 g/mol. The zero-order valence-electron chi connectivity index (χ0n) is 16.1. The highest BCUT2D eigenvalue weighted by Gasteiger charge is 2.22. The van der Waals surface area contributed by atoms with Gasteiger partial charge in [0.15, 0.2) is 9.84 Å². The summed E-state index contributed by atoms with van der Waals surface area (Å²) in [6, 6.07) is 18.9. The third kappa shape index (κ3) is 4.24. The molecule has 1 aromatic heterocycles. The SMILES string of the molecule is O=C(O)c1ccc(-c2ccccc2)cc1CS(=O)(=O)c1ccc(-n2cccn2)c(F)c1. The van der Waals surface area contributed by atoms with Gasteiger partial charge < -0.3 is 5.11 Å². The van der Waals surface area contributed by atoms with Crippen LogP contribution in [0.3, 0.4) is 0 Å². The molecule has 0 aliphatic carbocycles. The van der Waals surface area contributed by atoms with Gasteiger partial charge in [0.05, 0.1) is 16.2 Å². The Morgan fingerprint density at radius 3 is 2.39 bits per heavy atom. The molecule has 0 aliphatic heterocycles.